The second-order valence-corrected chi connectivity index (χ2v) is 5.34. The van der Waals surface area contributed by atoms with E-state index in [1.165, 1.54) is 6.08 Å². The van der Waals surface area contributed by atoms with Crippen molar-refractivity contribution in [1.82, 2.24) is 5.32 Å². The van der Waals surface area contributed by atoms with Crippen LogP contribution in [0.1, 0.15) is 31.4 Å². The van der Waals surface area contributed by atoms with E-state index in [1.807, 2.05) is 38.1 Å². The fourth-order valence-corrected chi connectivity index (χ4v) is 2.42. The summed E-state index contributed by atoms with van der Waals surface area (Å²) in [6.45, 7) is 4.37. The third kappa shape index (κ3) is 3.51. The molecule has 1 N–H and O–H groups in total. The Morgan fingerprint density at radius 2 is 2.21 bits per heavy atom. The smallest absolute Gasteiger partial charge is 0.244 e. The molecule has 0 aliphatic rings. The number of rotatable bonds is 6. The van der Waals surface area contributed by atoms with Gasteiger partial charge in [-0.3, -0.25) is 4.79 Å². The molecule has 2 heterocycles. The molecule has 0 saturated heterocycles. The first kappa shape index (κ1) is 15.9. The number of amides is 1. The zero-order valence-corrected chi connectivity index (χ0v) is 13.6. The average molecular weight is 325 g/mol. The van der Waals surface area contributed by atoms with E-state index in [4.69, 9.17) is 13.6 Å². The highest BCUT2D eigenvalue weighted by Crippen LogP contribution is 2.31. The molecular formula is C19H19NO4. The van der Waals surface area contributed by atoms with Gasteiger partial charge in [-0.05, 0) is 44.2 Å². The fraction of sp³-hybridized carbons (Fsp3) is 0.211. The van der Waals surface area contributed by atoms with Crippen molar-refractivity contribution in [2.24, 2.45) is 0 Å². The van der Waals surface area contributed by atoms with Gasteiger partial charge < -0.3 is 18.9 Å². The molecule has 0 aliphatic carbocycles. The van der Waals surface area contributed by atoms with E-state index in [0.29, 0.717) is 29.5 Å². The van der Waals surface area contributed by atoms with Crippen molar-refractivity contribution in [2.75, 3.05) is 6.61 Å². The second kappa shape index (κ2) is 7.08. The number of carbonyl (C=O) groups excluding carboxylic acids is 1. The summed E-state index contributed by atoms with van der Waals surface area (Å²) < 4.78 is 16.6. The van der Waals surface area contributed by atoms with Crippen molar-refractivity contribution in [2.45, 2.75) is 19.9 Å². The molecule has 3 rings (SSSR count). The van der Waals surface area contributed by atoms with Gasteiger partial charge in [0, 0.05) is 11.5 Å². The van der Waals surface area contributed by atoms with Crippen LogP contribution in [0.25, 0.3) is 17.0 Å². The Bertz CT molecular complexity index is 846. The van der Waals surface area contributed by atoms with Crippen molar-refractivity contribution in [3.8, 4) is 5.75 Å². The lowest BCUT2D eigenvalue weighted by molar-refractivity contribution is -0.117. The van der Waals surface area contributed by atoms with Gasteiger partial charge in [0.2, 0.25) is 5.91 Å². The molecule has 1 atom stereocenters. The van der Waals surface area contributed by atoms with Crippen LogP contribution in [-0.4, -0.2) is 12.5 Å². The van der Waals surface area contributed by atoms with E-state index in [2.05, 4.69) is 5.32 Å². The molecule has 1 aromatic carbocycles. The van der Waals surface area contributed by atoms with Crippen molar-refractivity contribution < 1.29 is 18.4 Å². The molecule has 0 aliphatic heterocycles. The van der Waals surface area contributed by atoms with Crippen molar-refractivity contribution in [3.05, 3.63) is 60.3 Å². The standard InChI is InChI=1S/C19H19NO4/c1-3-22-16-8-4-6-14-12-17(24-19(14)16)13(2)20-18(21)10-9-15-7-5-11-23-15/h4-13H,3H2,1-2H3,(H,20,21)/b10-9+. The van der Waals surface area contributed by atoms with Gasteiger partial charge in [-0.1, -0.05) is 12.1 Å². The predicted octanol–water partition coefficient (Wildman–Crippen LogP) is 4.32. The summed E-state index contributed by atoms with van der Waals surface area (Å²) in [7, 11) is 0. The number of hydrogen-bond acceptors (Lipinski definition) is 4. The van der Waals surface area contributed by atoms with Crippen molar-refractivity contribution in [1.29, 1.82) is 0 Å². The van der Waals surface area contributed by atoms with Gasteiger partial charge in [0.25, 0.3) is 0 Å². The van der Waals surface area contributed by atoms with Gasteiger partial charge in [-0.2, -0.15) is 0 Å². The summed E-state index contributed by atoms with van der Waals surface area (Å²) in [6.07, 6.45) is 4.61. The van der Waals surface area contributed by atoms with Crippen LogP contribution in [0, 0.1) is 0 Å². The maximum atomic E-state index is 12.0. The maximum absolute atomic E-state index is 12.0. The van der Waals surface area contributed by atoms with Crippen molar-refractivity contribution in [3.63, 3.8) is 0 Å². The molecule has 1 unspecified atom stereocenters. The minimum Gasteiger partial charge on any atom is -0.490 e. The Kier molecular flexibility index (Phi) is 4.70. The van der Waals surface area contributed by atoms with Crippen LogP contribution in [0.4, 0.5) is 0 Å². The lowest BCUT2D eigenvalue weighted by Gasteiger charge is -2.09. The summed E-state index contributed by atoms with van der Waals surface area (Å²) in [4.78, 5) is 12.0. The Morgan fingerprint density at radius 1 is 1.33 bits per heavy atom. The number of benzene rings is 1. The van der Waals surface area contributed by atoms with Crippen LogP contribution in [0.2, 0.25) is 0 Å². The SMILES string of the molecule is CCOc1cccc2cc(C(C)NC(=O)/C=C/c3ccco3)oc12. The molecule has 24 heavy (non-hydrogen) atoms. The van der Waals surface area contributed by atoms with Crippen LogP contribution in [-0.2, 0) is 4.79 Å². The second-order valence-electron chi connectivity index (χ2n) is 5.34. The Morgan fingerprint density at radius 3 is 2.96 bits per heavy atom. The molecule has 0 spiro atoms. The molecule has 124 valence electrons. The molecule has 5 heteroatoms. The van der Waals surface area contributed by atoms with E-state index in [-0.39, 0.29) is 11.9 Å². The van der Waals surface area contributed by atoms with Crippen LogP contribution >= 0.6 is 0 Å². The molecule has 2 aromatic heterocycles. The zero-order valence-electron chi connectivity index (χ0n) is 13.6. The van der Waals surface area contributed by atoms with Gasteiger partial charge in [-0.15, -0.1) is 0 Å². The summed E-state index contributed by atoms with van der Waals surface area (Å²) in [5, 5.41) is 3.82. The number of fused-ring (bicyclic) bond motifs is 1. The first-order chi connectivity index (χ1) is 11.7. The molecule has 0 saturated carbocycles. The number of carbonyl (C=O) groups is 1. The molecule has 1 amide bonds. The molecule has 5 nitrogen and oxygen atoms in total. The van der Waals surface area contributed by atoms with Gasteiger partial charge >= 0.3 is 0 Å². The number of para-hydroxylation sites is 1. The highest BCUT2D eigenvalue weighted by Gasteiger charge is 2.15. The van der Waals surface area contributed by atoms with Gasteiger partial charge in [-0.25, -0.2) is 0 Å². The fourth-order valence-electron chi connectivity index (χ4n) is 2.42. The van der Waals surface area contributed by atoms with E-state index >= 15 is 0 Å². The number of hydrogen-bond donors (Lipinski definition) is 1. The van der Waals surface area contributed by atoms with Crippen LogP contribution in [0.3, 0.4) is 0 Å². The molecule has 0 bridgehead atoms. The van der Waals surface area contributed by atoms with Crippen LogP contribution in [0.15, 0.2) is 57.6 Å². The first-order valence-electron chi connectivity index (χ1n) is 7.84. The van der Waals surface area contributed by atoms with Gasteiger partial charge in [0.05, 0.1) is 18.9 Å². The number of nitrogens with one attached hydrogen (secondary N) is 1. The largest absolute Gasteiger partial charge is 0.490 e. The third-order valence-corrected chi connectivity index (χ3v) is 3.55. The summed E-state index contributed by atoms with van der Waals surface area (Å²) in [6, 6.07) is 10.9. The normalized spacial score (nSPS) is 12.6. The zero-order chi connectivity index (χ0) is 16.9. The van der Waals surface area contributed by atoms with E-state index in [0.717, 1.165) is 5.39 Å². The molecule has 0 fully saturated rings. The first-order valence-corrected chi connectivity index (χ1v) is 7.84. The minimum absolute atomic E-state index is 0.218. The molecule has 0 radical (unpaired) electrons. The monoisotopic (exact) mass is 325 g/mol. The quantitative estimate of drug-likeness (QED) is 0.686. The lowest BCUT2D eigenvalue weighted by atomic mass is 10.2. The predicted molar refractivity (Wildman–Crippen MR) is 91.7 cm³/mol. The maximum Gasteiger partial charge on any atom is 0.244 e. The van der Waals surface area contributed by atoms with E-state index < -0.39 is 0 Å². The topological polar surface area (TPSA) is 64.6 Å². The lowest BCUT2D eigenvalue weighted by Crippen LogP contribution is -2.24. The van der Waals surface area contributed by atoms with Crippen LogP contribution < -0.4 is 10.1 Å². The number of ether oxygens (including phenoxy) is 1. The van der Waals surface area contributed by atoms with Crippen molar-refractivity contribution >= 4 is 23.0 Å². The Labute approximate surface area is 139 Å². The van der Waals surface area contributed by atoms with E-state index in [9.17, 15) is 4.79 Å². The summed E-state index contributed by atoms with van der Waals surface area (Å²) in [5.74, 6) is 1.79. The van der Waals surface area contributed by atoms with Gasteiger partial charge in [0.1, 0.15) is 11.5 Å². The Balaban J connectivity index is 1.72. The highest BCUT2D eigenvalue weighted by atomic mass is 16.5. The molecular weight excluding hydrogens is 306 g/mol. The highest BCUT2D eigenvalue weighted by molar-refractivity contribution is 5.91. The summed E-state index contributed by atoms with van der Waals surface area (Å²) in [5.41, 5.74) is 0.696. The Hall–Kier alpha value is -2.95. The molecule has 3 aromatic rings. The average Bonchev–Trinajstić information content (AvgIpc) is 3.23. The van der Waals surface area contributed by atoms with E-state index in [1.54, 1.807) is 24.5 Å². The van der Waals surface area contributed by atoms with Crippen LogP contribution in [0.5, 0.6) is 5.75 Å². The summed E-state index contributed by atoms with van der Waals surface area (Å²) >= 11 is 0. The van der Waals surface area contributed by atoms with Gasteiger partial charge in [0.15, 0.2) is 11.3 Å². The number of furan rings is 2. The minimum atomic E-state index is -0.263. The third-order valence-electron chi connectivity index (χ3n) is 3.55.